The topological polar surface area (TPSA) is 191 Å². The number of nitrogens with two attached hydrogens (primary N) is 1. The second-order valence-corrected chi connectivity index (χ2v) is 7.21. The number of benzene rings is 1. The minimum atomic E-state index is -1.52. The molecule has 0 saturated carbocycles. The van der Waals surface area contributed by atoms with E-state index in [1.165, 1.54) is 4.68 Å². The van der Waals surface area contributed by atoms with Crippen molar-refractivity contribution in [1.82, 2.24) is 25.0 Å². The zero-order valence-electron chi connectivity index (χ0n) is 16.9. The second kappa shape index (κ2) is 9.68. The number of aliphatic hydroxyl groups is 4. The number of aromatic nitrogens is 5. The quantitative estimate of drug-likeness (QED) is 0.260. The lowest BCUT2D eigenvalue weighted by atomic mass is 9.99. The Balaban J connectivity index is 1.42. The van der Waals surface area contributed by atoms with Gasteiger partial charge in [0.05, 0.1) is 19.8 Å². The summed E-state index contributed by atoms with van der Waals surface area (Å²) in [6.07, 6.45) is -6.76. The number of hydrogen-bond donors (Lipinski definition) is 5. The van der Waals surface area contributed by atoms with Gasteiger partial charge in [0.1, 0.15) is 31.0 Å². The largest absolute Gasteiger partial charge is 0.471 e. The van der Waals surface area contributed by atoms with Crippen LogP contribution in [-0.4, -0.2) is 89.3 Å². The van der Waals surface area contributed by atoms with E-state index in [0.29, 0.717) is 11.2 Å². The molecule has 13 nitrogen and oxygen atoms in total. The molecule has 5 atom stereocenters. The molecule has 1 saturated heterocycles. The van der Waals surface area contributed by atoms with E-state index < -0.39 is 37.3 Å². The molecular formula is C19H24N6O7. The summed E-state index contributed by atoms with van der Waals surface area (Å²) in [4.78, 5) is 8.26. The van der Waals surface area contributed by atoms with E-state index in [-0.39, 0.29) is 31.6 Å². The number of rotatable bonds is 8. The van der Waals surface area contributed by atoms with Gasteiger partial charge in [0, 0.05) is 0 Å². The molecule has 0 unspecified atom stereocenters. The number of anilines is 1. The third-order valence-corrected chi connectivity index (χ3v) is 5.00. The normalized spacial score (nSPS) is 25.8. The van der Waals surface area contributed by atoms with Gasteiger partial charge in [0.2, 0.25) is 11.8 Å². The molecule has 13 heteroatoms. The first-order chi connectivity index (χ1) is 15.5. The number of nitrogen functional groups attached to an aromatic ring is 1. The first kappa shape index (κ1) is 22.3. The van der Waals surface area contributed by atoms with E-state index in [1.807, 2.05) is 30.3 Å². The van der Waals surface area contributed by atoms with E-state index in [2.05, 4.69) is 20.3 Å². The van der Waals surface area contributed by atoms with Gasteiger partial charge < -0.3 is 40.4 Å². The summed E-state index contributed by atoms with van der Waals surface area (Å²) in [6.45, 7) is -0.134. The second-order valence-electron chi connectivity index (χ2n) is 7.21. The van der Waals surface area contributed by atoms with Crippen LogP contribution in [0.15, 0.2) is 30.3 Å². The lowest BCUT2D eigenvalue weighted by Crippen LogP contribution is -2.59. The average molecular weight is 448 g/mol. The summed E-state index contributed by atoms with van der Waals surface area (Å²) in [6, 6.07) is 9.52. The standard InChI is InChI=1S/C19H24N6O7/c20-19-21-16-12(17(22-19)31-9-10-4-2-1-3-5-10)23-24-25(16)6-7-30-18-15(29)14(28)13(27)11(8-26)32-18/h1-5,11,13-15,18,26-29H,6-9H2,(H2,20,21,22)/t11-,13-,14+,15-,18-/m1/s1. The summed E-state index contributed by atoms with van der Waals surface area (Å²) in [7, 11) is 0. The Morgan fingerprint density at radius 2 is 1.84 bits per heavy atom. The molecule has 32 heavy (non-hydrogen) atoms. The van der Waals surface area contributed by atoms with E-state index in [9.17, 15) is 20.4 Å². The first-order valence-electron chi connectivity index (χ1n) is 9.93. The van der Waals surface area contributed by atoms with Gasteiger partial charge in [-0.25, -0.2) is 4.68 Å². The maximum Gasteiger partial charge on any atom is 0.249 e. The van der Waals surface area contributed by atoms with Crippen LogP contribution in [-0.2, 0) is 22.6 Å². The Morgan fingerprint density at radius 3 is 2.59 bits per heavy atom. The molecule has 0 bridgehead atoms. The smallest absolute Gasteiger partial charge is 0.249 e. The molecular weight excluding hydrogens is 424 g/mol. The fourth-order valence-electron chi connectivity index (χ4n) is 3.29. The van der Waals surface area contributed by atoms with E-state index >= 15 is 0 Å². The van der Waals surface area contributed by atoms with Gasteiger partial charge >= 0.3 is 0 Å². The number of fused-ring (bicyclic) bond motifs is 1. The maximum absolute atomic E-state index is 10.0. The first-order valence-corrected chi connectivity index (χ1v) is 9.93. The van der Waals surface area contributed by atoms with Crippen molar-refractivity contribution in [3.63, 3.8) is 0 Å². The molecule has 172 valence electrons. The lowest BCUT2D eigenvalue weighted by Gasteiger charge is -2.39. The van der Waals surface area contributed by atoms with Crippen LogP contribution in [0.3, 0.4) is 0 Å². The molecule has 1 aliphatic heterocycles. The fourth-order valence-corrected chi connectivity index (χ4v) is 3.29. The van der Waals surface area contributed by atoms with Gasteiger partial charge in [-0.1, -0.05) is 35.5 Å². The third kappa shape index (κ3) is 4.62. The highest BCUT2D eigenvalue weighted by molar-refractivity contribution is 5.76. The number of hydrogen-bond acceptors (Lipinski definition) is 12. The highest BCUT2D eigenvalue weighted by atomic mass is 16.7. The maximum atomic E-state index is 10.0. The summed E-state index contributed by atoms with van der Waals surface area (Å²) >= 11 is 0. The highest BCUT2D eigenvalue weighted by Gasteiger charge is 2.43. The monoisotopic (exact) mass is 448 g/mol. The molecule has 1 aliphatic rings. The van der Waals surface area contributed by atoms with Gasteiger partial charge in [0.15, 0.2) is 17.5 Å². The molecule has 0 spiro atoms. The zero-order valence-corrected chi connectivity index (χ0v) is 16.9. The molecule has 3 heterocycles. The lowest BCUT2D eigenvalue weighted by molar-refractivity contribution is -0.301. The van der Waals surface area contributed by atoms with Crippen molar-refractivity contribution >= 4 is 17.1 Å². The van der Waals surface area contributed by atoms with Crippen LogP contribution >= 0.6 is 0 Å². The number of nitrogens with zero attached hydrogens (tertiary/aromatic N) is 5. The molecule has 3 aromatic rings. The molecule has 0 aliphatic carbocycles. The van der Waals surface area contributed by atoms with Gasteiger partial charge in [-0.2, -0.15) is 9.97 Å². The molecule has 1 aromatic carbocycles. The Morgan fingerprint density at radius 1 is 1.06 bits per heavy atom. The van der Waals surface area contributed by atoms with Crippen molar-refractivity contribution in [2.24, 2.45) is 0 Å². The van der Waals surface area contributed by atoms with Crippen molar-refractivity contribution < 1.29 is 34.6 Å². The Hall–Kier alpha value is -2.94. The predicted octanol–water partition coefficient (Wildman–Crippen LogP) is -1.80. The van der Waals surface area contributed by atoms with Crippen LogP contribution in [0.5, 0.6) is 5.88 Å². The summed E-state index contributed by atoms with van der Waals surface area (Å²) in [5.74, 6) is 0.177. The summed E-state index contributed by atoms with van der Waals surface area (Å²) in [5.41, 5.74) is 7.41. The van der Waals surface area contributed by atoms with Crippen LogP contribution < -0.4 is 10.5 Å². The van der Waals surface area contributed by atoms with Gasteiger partial charge in [-0.05, 0) is 5.56 Å². The van der Waals surface area contributed by atoms with Crippen LogP contribution in [0.1, 0.15) is 5.56 Å². The molecule has 0 amide bonds. The van der Waals surface area contributed by atoms with E-state index in [0.717, 1.165) is 5.56 Å². The predicted molar refractivity (Wildman–Crippen MR) is 108 cm³/mol. The van der Waals surface area contributed by atoms with Gasteiger partial charge in [-0.15, -0.1) is 5.10 Å². The molecule has 4 rings (SSSR count). The van der Waals surface area contributed by atoms with E-state index in [4.69, 9.17) is 19.9 Å². The summed E-state index contributed by atoms with van der Waals surface area (Å²) in [5, 5.41) is 47.1. The van der Waals surface area contributed by atoms with E-state index in [1.54, 1.807) is 0 Å². The number of aliphatic hydroxyl groups excluding tert-OH is 4. The third-order valence-electron chi connectivity index (χ3n) is 5.00. The fraction of sp³-hybridized carbons (Fsp3) is 0.474. The van der Waals surface area contributed by atoms with Crippen molar-refractivity contribution in [3.05, 3.63) is 35.9 Å². The van der Waals surface area contributed by atoms with Gasteiger partial charge in [0.25, 0.3) is 0 Å². The van der Waals surface area contributed by atoms with Crippen molar-refractivity contribution in [3.8, 4) is 5.88 Å². The van der Waals surface area contributed by atoms with Crippen molar-refractivity contribution in [2.45, 2.75) is 43.9 Å². The van der Waals surface area contributed by atoms with Gasteiger partial charge in [-0.3, -0.25) is 0 Å². The van der Waals surface area contributed by atoms with Crippen LogP contribution in [0.4, 0.5) is 5.95 Å². The van der Waals surface area contributed by atoms with Crippen LogP contribution in [0.25, 0.3) is 11.2 Å². The van der Waals surface area contributed by atoms with Crippen molar-refractivity contribution in [2.75, 3.05) is 18.9 Å². The Kier molecular flexibility index (Phi) is 6.74. The minimum absolute atomic E-state index is 0.00867. The summed E-state index contributed by atoms with van der Waals surface area (Å²) < 4.78 is 18.0. The average Bonchev–Trinajstić information content (AvgIpc) is 3.21. The minimum Gasteiger partial charge on any atom is -0.471 e. The molecule has 0 radical (unpaired) electrons. The molecule has 1 fully saturated rings. The highest BCUT2D eigenvalue weighted by Crippen LogP contribution is 2.23. The van der Waals surface area contributed by atoms with Crippen molar-refractivity contribution in [1.29, 1.82) is 0 Å². The number of ether oxygens (including phenoxy) is 3. The van der Waals surface area contributed by atoms with Crippen LogP contribution in [0.2, 0.25) is 0 Å². The Bertz CT molecular complexity index is 1030. The Labute approximate surface area is 182 Å². The molecule has 6 N–H and O–H groups in total. The van der Waals surface area contributed by atoms with Crippen LogP contribution in [0, 0.1) is 0 Å². The SMILES string of the molecule is Nc1nc(OCc2ccccc2)c2nnn(CCO[C@@H]3O[C@H](CO)[C@@H](O)[C@H](O)[C@H]3O)c2n1. The molecule has 2 aromatic heterocycles. The zero-order chi connectivity index (χ0) is 22.7.